The van der Waals surface area contributed by atoms with Crippen LogP contribution in [0.5, 0.6) is 0 Å². The van der Waals surface area contributed by atoms with Crippen LogP contribution < -0.4 is 0 Å². The lowest BCUT2D eigenvalue weighted by molar-refractivity contribution is 0.151. The first-order valence-electron chi connectivity index (χ1n) is 8.88. The molecule has 1 unspecified atom stereocenters. The maximum Gasteiger partial charge on any atom is 0.0406 e. The SMILES string of the molecule is CC(CCN1CCN(C)CC1)c1ccc(-c2ccc(Cl)cc2)cc1. The van der Waals surface area contributed by atoms with Crippen LogP contribution in [-0.2, 0) is 0 Å². The zero-order chi connectivity index (χ0) is 16.9. The van der Waals surface area contributed by atoms with Crippen LogP contribution >= 0.6 is 11.6 Å². The maximum atomic E-state index is 5.97. The van der Waals surface area contributed by atoms with E-state index in [-0.39, 0.29) is 0 Å². The number of piperazine rings is 1. The van der Waals surface area contributed by atoms with Crippen LogP contribution in [0.15, 0.2) is 48.5 Å². The molecule has 1 fully saturated rings. The molecule has 0 aromatic heterocycles. The quantitative estimate of drug-likeness (QED) is 0.773. The van der Waals surface area contributed by atoms with Crippen molar-refractivity contribution >= 4 is 11.6 Å². The van der Waals surface area contributed by atoms with Gasteiger partial charge in [0.1, 0.15) is 0 Å². The predicted molar refractivity (Wildman–Crippen MR) is 104 cm³/mol. The lowest BCUT2D eigenvalue weighted by atomic mass is 9.95. The number of likely N-dealkylation sites (N-methyl/N-ethyl adjacent to an activating group) is 1. The van der Waals surface area contributed by atoms with E-state index >= 15 is 0 Å². The van der Waals surface area contributed by atoms with Crippen LogP contribution in [0.25, 0.3) is 11.1 Å². The number of halogens is 1. The Balaban J connectivity index is 1.55. The summed E-state index contributed by atoms with van der Waals surface area (Å²) in [6.07, 6.45) is 1.23. The van der Waals surface area contributed by atoms with Crippen LogP contribution in [-0.4, -0.2) is 49.6 Å². The second kappa shape index (κ2) is 8.15. The van der Waals surface area contributed by atoms with Gasteiger partial charge in [0.25, 0.3) is 0 Å². The Morgan fingerprint density at radius 2 is 1.42 bits per heavy atom. The van der Waals surface area contributed by atoms with Gasteiger partial charge in [0.2, 0.25) is 0 Å². The molecule has 3 rings (SSSR count). The lowest BCUT2D eigenvalue weighted by Gasteiger charge is -2.32. The average Bonchev–Trinajstić information content (AvgIpc) is 2.62. The van der Waals surface area contributed by atoms with Gasteiger partial charge >= 0.3 is 0 Å². The highest BCUT2D eigenvalue weighted by molar-refractivity contribution is 6.30. The molecule has 0 saturated carbocycles. The lowest BCUT2D eigenvalue weighted by Crippen LogP contribution is -2.44. The van der Waals surface area contributed by atoms with Crippen LogP contribution in [0.3, 0.4) is 0 Å². The largest absolute Gasteiger partial charge is 0.304 e. The third-order valence-corrected chi connectivity index (χ3v) is 5.38. The summed E-state index contributed by atoms with van der Waals surface area (Å²) < 4.78 is 0. The molecular weight excluding hydrogens is 316 g/mol. The van der Waals surface area contributed by atoms with E-state index in [1.54, 1.807) is 0 Å². The maximum absolute atomic E-state index is 5.97. The Kier molecular flexibility index (Phi) is 5.94. The second-order valence-corrected chi connectivity index (χ2v) is 7.40. The van der Waals surface area contributed by atoms with Gasteiger partial charge in [0.15, 0.2) is 0 Å². The first kappa shape index (κ1) is 17.5. The monoisotopic (exact) mass is 342 g/mol. The van der Waals surface area contributed by atoms with E-state index < -0.39 is 0 Å². The normalized spacial score (nSPS) is 17.8. The Labute approximate surface area is 151 Å². The Bertz CT molecular complexity index is 628. The molecule has 0 radical (unpaired) electrons. The molecule has 2 aromatic carbocycles. The van der Waals surface area contributed by atoms with Crippen molar-refractivity contribution in [1.82, 2.24) is 9.80 Å². The number of benzene rings is 2. The molecule has 1 aliphatic heterocycles. The summed E-state index contributed by atoms with van der Waals surface area (Å²) in [4.78, 5) is 5.01. The summed E-state index contributed by atoms with van der Waals surface area (Å²) in [6.45, 7) is 8.35. The van der Waals surface area contributed by atoms with Gasteiger partial charge in [-0.2, -0.15) is 0 Å². The second-order valence-electron chi connectivity index (χ2n) is 6.96. The third kappa shape index (κ3) is 4.60. The highest BCUT2D eigenvalue weighted by Crippen LogP contribution is 2.25. The van der Waals surface area contributed by atoms with Gasteiger partial charge in [-0.15, -0.1) is 0 Å². The molecule has 128 valence electrons. The van der Waals surface area contributed by atoms with E-state index in [0.717, 1.165) is 5.02 Å². The van der Waals surface area contributed by atoms with Crippen LogP contribution in [0.2, 0.25) is 5.02 Å². The summed E-state index contributed by atoms with van der Waals surface area (Å²) in [5.41, 5.74) is 3.90. The molecule has 1 aliphatic rings. The summed E-state index contributed by atoms with van der Waals surface area (Å²) in [5.74, 6) is 0.601. The van der Waals surface area contributed by atoms with E-state index in [2.05, 4.69) is 60.2 Å². The Morgan fingerprint density at radius 3 is 2.00 bits per heavy atom. The van der Waals surface area contributed by atoms with Crippen molar-refractivity contribution in [3.8, 4) is 11.1 Å². The van der Waals surface area contributed by atoms with Crippen molar-refractivity contribution in [1.29, 1.82) is 0 Å². The molecule has 2 aromatic rings. The van der Waals surface area contributed by atoms with Crippen molar-refractivity contribution in [3.05, 3.63) is 59.1 Å². The summed E-state index contributed by atoms with van der Waals surface area (Å²) in [7, 11) is 2.21. The van der Waals surface area contributed by atoms with Gasteiger partial charge in [-0.1, -0.05) is 54.9 Å². The first-order chi connectivity index (χ1) is 11.6. The van der Waals surface area contributed by atoms with E-state index in [9.17, 15) is 0 Å². The van der Waals surface area contributed by atoms with Gasteiger partial charge in [-0.05, 0) is 54.8 Å². The van der Waals surface area contributed by atoms with Crippen LogP contribution in [0, 0.1) is 0 Å². The molecule has 0 aliphatic carbocycles. The number of hydrogen-bond acceptors (Lipinski definition) is 2. The molecule has 24 heavy (non-hydrogen) atoms. The zero-order valence-electron chi connectivity index (χ0n) is 14.7. The molecule has 0 N–H and O–H groups in total. The van der Waals surface area contributed by atoms with Crippen molar-refractivity contribution < 1.29 is 0 Å². The van der Waals surface area contributed by atoms with Gasteiger partial charge < -0.3 is 9.80 Å². The van der Waals surface area contributed by atoms with E-state index in [1.165, 1.54) is 55.8 Å². The molecule has 1 atom stereocenters. The Hall–Kier alpha value is -1.35. The fourth-order valence-electron chi connectivity index (χ4n) is 3.26. The molecule has 1 heterocycles. The van der Waals surface area contributed by atoms with Crippen LogP contribution in [0.1, 0.15) is 24.8 Å². The Morgan fingerprint density at radius 1 is 0.875 bits per heavy atom. The summed E-state index contributed by atoms with van der Waals surface area (Å²) >= 11 is 5.97. The van der Waals surface area contributed by atoms with Crippen LogP contribution in [0.4, 0.5) is 0 Å². The van der Waals surface area contributed by atoms with Crippen molar-refractivity contribution in [2.75, 3.05) is 39.8 Å². The minimum absolute atomic E-state index is 0.601. The minimum atomic E-state index is 0.601. The molecule has 0 bridgehead atoms. The predicted octanol–water partition coefficient (Wildman–Crippen LogP) is 4.75. The number of nitrogens with zero attached hydrogens (tertiary/aromatic N) is 2. The standard InChI is InChI=1S/C21H27ClN2/c1-17(11-12-24-15-13-23(2)14-16-24)18-3-5-19(6-4-18)20-7-9-21(22)10-8-20/h3-10,17H,11-16H2,1-2H3. The highest BCUT2D eigenvalue weighted by Gasteiger charge is 2.15. The molecule has 0 spiro atoms. The molecular formula is C21H27ClN2. The zero-order valence-corrected chi connectivity index (χ0v) is 15.5. The van der Waals surface area contributed by atoms with E-state index in [0.29, 0.717) is 5.92 Å². The average molecular weight is 343 g/mol. The fourth-order valence-corrected chi connectivity index (χ4v) is 3.39. The van der Waals surface area contributed by atoms with Gasteiger partial charge in [-0.3, -0.25) is 0 Å². The van der Waals surface area contributed by atoms with Gasteiger partial charge in [0.05, 0.1) is 0 Å². The van der Waals surface area contributed by atoms with Crippen molar-refractivity contribution in [3.63, 3.8) is 0 Å². The molecule has 1 saturated heterocycles. The number of rotatable bonds is 5. The van der Waals surface area contributed by atoms with Crippen molar-refractivity contribution in [2.24, 2.45) is 0 Å². The third-order valence-electron chi connectivity index (χ3n) is 5.13. The van der Waals surface area contributed by atoms with E-state index in [1.807, 2.05) is 12.1 Å². The highest BCUT2D eigenvalue weighted by atomic mass is 35.5. The summed E-state index contributed by atoms with van der Waals surface area (Å²) in [5, 5.41) is 0.785. The topological polar surface area (TPSA) is 6.48 Å². The smallest absolute Gasteiger partial charge is 0.0406 e. The first-order valence-corrected chi connectivity index (χ1v) is 9.26. The van der Waals surface area contributed by atoms with Gasteiger partial charge in [-0.25, -0.2) is 0 Å². The summed E-state index contributed by atoms with van der Waals surface area (Å²) in [6, 6.07) is 17.1. The van der Waals surface area contributed by atoms with Crippen molar-refractivity contribution in [2.45, 2.75) is 19.3 Å². The molecule has 3 heteroatoms. The fraction of sp³-hybridized carbons (Fsp3) is 0.429. The minimum Gasteiger partial charge on any atom is -0.304 e. The van der Waals surface area contributed by atoms with Gasteiger partial charge in [0, 0.05) is 31.2 Å². The number of hydrogen-bond donors (Lipinski definition) is 0. The molecule has 2 nitrogen and oxygen atoms in total. The molecule has 0 amide bonds. The van der Waals surface area contributed by atoms with E-state index in [4.69, 9.17) is 11.6 Å².